The van der Waals surface area contributed by atoms with Crippen LogP contribution in [-0.2, 0) is 9.53 Å². The molecule has 2 aliphatic heterocycles. The number of ether oxygens (including phenoxy) is 1. The highest BCUT2D eigenvalue weighted by Crippen LogP contribution is 2.40. The van der Waals surface area contributed by atoms with E-state index in [-0.39, 0.29) is 17.6 Å². The molecule has 4 heteroatoms. The molecule has 0 aromatic carbocycles. The molecular formula is C15H26N2O2. The van der Waals surface area contributed by atoms with Crippen LogP contribution in [0, 0.1) is 5.92 Å². The minimum atomic E-state index is -0.190. The molecule has 2 saturated heterocycles. The molecule has 108 valence electrons. The number of likely N-dealkylation sites (tertiary alicyclic amines) is 1. The molecule has 0 N–H and O–H groups in total. The van der Waals surface area contributed by atoms with Crippen LogP contribution in [0.2, 0.25) is 0 Å². The topological polar surface area (TPSA) is 32.8 Å². The van der Waals surface area contributed by atoms with Gasteiger partial charge in [0.15, 0.2) is 0 Å². The fraction of sp³-hybridized carbons (Fsp3) is 0.933. The average molecular weight is 266 g/mol. The van der Waals surface area contributed by atoms with Crippen molar-refractivity contribution < 1.29 is 9.53 Å². The molecule has 3 aliphatic rings. The Kier molecular flexibility index (Phi) is 3.56. The second kappa shape index (κ2) is 5.06. The molecule has 1 spiro atoms. The molecule has 3 rings (SSSR count). The minimum Gasteiger partial charge on any atom is -0.362 e. The second-order valence-electron chi connectivity index (χ2n) is 6.80. The summed E-state index contributed by atoms with van der Waals surface area (Å²) in [5.74, 6) is 1.11. The number of likely N-dealkylation sites (N-methyl/N-ethyl adjacent to an activating group) is 1. The Labute approximate surface area is 116 Å². The molecule has 2 heterocycles. The number of carbonyl (C=O) groups excluding carboxylic acids is 1. The summed E-state index contributed by atoms with van der Waals surface area (Å²) in [6.45, 7) is 3.59. The Balaban J connectivity index is 1.51. The van der Waals surface area contributed by atoms with Gasteiger partial charge in [-0.2, -0.15) is 0 Å². The van der Waals surface area contributed by atoms with Crippen molar-refractivity contribution in [3.05, 3.63) is 0 Å². The van der Waals surface area contributed by atoms with Gasteiger partial charge in [-0.15, -0.1) is 0 Å². The molecule has 4 nitrogen and oxygen atoms in total. The van der Waals surface area contributed by atoms with Crippen LogP contribution >= 0.6 is 0 Å². The Hall–Kier alpha value is -0.610. The molecule has 1 amide bonds. The molecule has 1 saturated carbocycles. The third kappa shape index (κ3) is 2.95. The molecule has 0 aromatic rings. The zero-order valence-corrected chi connectivity index (χ0v) is 12.2. The fourth-order valence-corrected chi connectivity index (χ4v) is 3.45. The summed E-state index contributed by atoms with van der Waals surface area (Å²) < 4.78 is 6.16. The predicted molar refractivity (Wildman–Crippen MR) is 73.9 cm³/mol. The monoisotopic (exact) mass is 266 g/mol. The second-order valence-corrected chi connectivity index (χ2v) is 6.80. The predicted octanol–water partition coefficient (Wildman–Crippen LogP) is 1.50. The van der Waals surface area contributed by atoms with Crippen LogP contribution in [0.4, 0.5) is 0 Å². The Morgan fingerprint density at radius 3 is 2.47 bits per heavy atom. The standard InChI is InChI=1S/C15H26N2O2/c1-16(2)14(18)13-5-6-15(19-13)7-9-17(10-8-15)11-12-3-4-12/h12-13H,3-11H2,1-2H3/t13-/m0/s1. The number of nitrogens with zero attached hydrogens (tertiary/aromatic N) is 2. The Morgan fingerprint density at radius 1 is 1.21 bits per heavy atom. The van der Waals surface area contributed by atoms with Crippen molar-refractivity contribution in [3.8, 4) is 0 Å². The fourth-order valence-electron chi connectivity index (χ4n) is 3.45. The van der Waals surface area contributed by atoms with E-state index < -0.39 is 0 Å². The largest absolute Gasteiger partial charge is 0.362 e. The van der Waals surface area contributed by atoms with Crippen LogP contribution < -0.4 is 0 Å². The number of hydrogen-bond acceptors (Lipinski definition) is 3. The van der Waals surface area contributed by atoms with Crippen molar-refractivity contribution in [2.75, 3.05) is 33.7 Å². The molecular weight excluding hydrogens is 240 g/mol. The van der Waals surface area contributed by atoms with E-state index in [0.29, 0.717) is 0 Å². The quantitative estimate of drug-likeness (QED) is 0.776. The zero-order chi connectivity index (χ0) is 13.5. The van der Waals surface area contributed by atoms with Gasteiger partial charge in [0.05, 0.1) is 5.60 Å². The highest BCUT2D eigenvalue weighted by atomic mass is 16.5. The lowest BCUT2D eigenvalue weighted by Gasteiger charge is -2.39. The molecule has 1 aliphatic carbocycles. The van der Waals surface area contributed by atoms with Crippen LogP contribution in [0.15, 0.2) is 0 Å². The van der Waals surface area contributed by atoms with Gasteiger partial charge in [-0.25, -0.2) is 0 Å². The average Bonchev–Trinajstić information content (AvgIpc) is 3.12. The summed E-state index contributed by atoms with van der Waals surface area (Å²) >= 11 is 0. The van der Waals surface area contributed by atoms with E-state index in [4.69, 9.17) is 4.74 Å². The highest BCUT2D eigenvalue weighted by Gasteiger charge is 2.45. The third-order valence-electron chi connectivity index (χ3n) is 4.95. The summed E-state index contributed by atoms with van der Waals surface area (Å²) in [6.07, 6.45) is 6.85. The van der Waals surface area contributed by atoms with Crippen molar-refractivity contribution >= 4 is 5.91 Å². The van der Waals surface area contributed by atoms with Crippen molar-refractivity contribution in [1.82, 2.24) is 9.80 Å². The van der Waals surface area contributed by atoms with E-state index in [1.807, 2.05) is 14.1 Å². The molecule has 1 atom stereocenters. The lowest BCUT2D eigenvalue weighted by molar-refractivity contribution is -0.148. The number of amides is 1. The van der Waals surface area contributed by atoms with Crippen molar-refractivity contribution in [3.63, 3.8) is 0 Å². The molecule has 3 fully saturated rings. The summed E-state index contributed by atoms with van der Waals surface area (Å²) in [6, 6.07) is 0. The van der Waals surface area contributed by atoms with E-state index in [1.165, 1.54) is 19.4 Å². The zero-order valence-electron chi connectivity index (χ0n) is 12.2. The Bertz CT molecular complexity index is 344. The first-order valence-corrected chi connectivity index (χ1v) is 7.69. The minimum absolute atomic E-state index is 0.0103. The molecule has 19 heavy (non-hydrogen) atoms. The van der Waals surface area contributed by atoms with Gasteiger partial charge in [-0.3, -0.25) is 4.79 Å². The highest BCUT2D eigenvalue weighted by molar-refractivity contribution is 5.80. The molecule has 0 bridgehead atoms. The molecule has 0 radical (unpaired) electrons. The number of carbonyl (C=O) groups is 1. The SMILES string of the molecule is CN(C)C(=O)[C@@H]1CCC2(CCN(CC3CC3)CC2)O1. The van der Waals surface area contributed by atoms with E-state index in [1.54, 1.807) is 4.90 Å². The summed E-state index contributed by atoms with van der Waals surface area (Å²) in [7, 11) is 3.63. The summed E-state index contributed by atoms with van der Waals surface area (Å²) in [5.41, 5.74) is 0.0103. The maximum atomic E-state index is 12.0. The van der Waals surface area contributed by atoms with E-state index in [9.17, 15) is 4.79 Å². The van der Waals surface area contributed by atoms with E-state index in [0.717, 1.165) is 44.7 Å². The van der Waals surface area contributed by atoms with Gasteiger partial charge in [0.1, 0.15) is 6.10 Å². The maximum Gasteiger partial charge on any atom is 0.251 e. The van der Waals surface area contributed by atoms with Gasteiger partial charge in [0.2, 0.25) is 0 Å². The van der Waals surface area contributed by atoms with Crippen molar-refractivity contribution in [1.29, 1.82) is 0 Å². The third-order valence-corrected chi connectivity index (χ3v) is 4.95. The van der Waals surface area contributed by atoms with Gasteiger partial charge < -0.3 is 14.5 Å². The van der Waals surface area contributed by atoms with Gasteiger partial charge >= 0.3 is 0 Å². The lowest BCUT2D eigenvalue weighted by Crippen LogP contribution is -2.46. The first-order valence-electron chi connectivity index (χ1n) is 7.69. The summed E-state index contributed by atoms with van der Waals surface area (Å²) in [4.78, 5) is 16.2. The van der Waals surface area contributed by atoms with Gasteiger partial charge in [0, 0.05) is 33.7 Å². The van der Waals surface area contributed by atoms with Crippen LogP contribution in [0.25, 0.3) is 0 Å². The number of hydrogen-bond donors (Lipinski definition) is 0. The van der Waals surface area contributed by atoms with E-state index in [2.05, 4.69) is 4.90 Å². The smallest absolute Gasteiger partial charge is 0.251 e. The van der Waals surface area contributed by atoms with Crippen LogP contribution in [0.3, 0.4) is 0 Å². The van der Waals surface area contributed by atoms with Gasteiger partial charge in [-0.1, -0.05) is 0 Å². The van der Waals surface area contributed by atoms with Crippen molar-refractivity contribution in [2.45, 2.75) is 50.2 Å². The van der Waals surface area contributed by atoms with Crippen LogP contribution in [0.5, 0.6) is 0 Å². The van der Waals surface area contributed by atoms with Gasteiger partial charge in [0.25, 0.3) is 5.91 Å². The van der Waals surface area contributed by atoms with E-state index >= 15 is 0 Å². The lowest BCUT2D eigenvalue weighted by atomic mass is 9.88. The maximum absolute atomic E-state index is 12.0. The first kappa shape index (κ1) is 13.4. The van der Waals surface area contributed by atoms with Crippen LogP contribution in [0.1, 0.15) is 38.5 Å². The molecule has 0 unspecified atom stereocenters. The van der Waals surface area contributed by atoms with Crippen molar-refractivity contribution in [2.24, 2.45) is 5.92 Å². The van der Waals surface area contributed by atoms with Crippen LogP contribution in [-0.4, -0.2) is 61.1 Å². The number of piperidine rings is 1. The number of rotatable bonds is 3. The Morgan fingerprint density at radius 2 is 1.89 bits per heavy atom. The van der Waals surface area contributed by atoms with Gasteiger partial charge in [-0.05, 0) is 44.4 Å². The first-order chi connectivity index (χ1) is 9.08. The molecule has 0 aromatic heterocycles. The summed E-state index contributed by atoms with van der Waals surface area (Å²) in [5, 5.41) is 0. The normalized spacial score (nSPS) is 30.7.